The van der Waals surface area contributed by atoms with Gasteiger partial charge in [-0.25, -0.2) is 15.0 Å². The van der Waals surface area contributed by atoms with Crippen LogP contribution in [0, 0.1) is 0 Å². The number of para-hydroxylation sites is 4. The van der Waals surface area contributed by atoms with Crippen LogP contribution < -0.4 is 0 Å². The van der Waals surface area contributed by atoms with Crippen LogP contribution in [0.2, 0.25) is 0 Å². The fourth-order valence-corrected chi connectivity index (χ4v) is 11.7. The maximum Gasteiger partial charge on any atom is 0.164 e. The minimum atomic E-state index is 0.613. The van der Waals surface area contributed by atoms with Gasteiger partial charge >= 0.3 is 0 Å². The Morgan fingerprint density at radius 3 is 1.48 bits per heavy atom. The van der Waals surface area contributed by atoms with Gasteiger partial charge in [-0.15, -0.1) is 0 Å². The SMILES string of the molecule is C1=Cc2c(c3cc(-c4cc(-c5ccc6c(c5)c5ccccc5n6-c5ccccc5)c5c(c4)c4ccccc4n5-c4cccc(-c5nc(-c6ccccc6)nc(-c6ccccc6)n5)c4)ccc3n2-c2ccccc2)CC1. The third-order valence-corrected chi connectivity index (χ3v) is 15.1. The van der Waals surface area contributed by atoms with Gasteiger partial charge in [-0.1, -0.05) is 164 Å². The Morgan fingerprint density at radius 2 is 0.800 bits per heavy atom. The molecule has 0 atom stereocenters. The van der Waals surface area contributed by atoms with Crippen molar-refractivity contribution >= 4 is 60.6 Å². The van der Waals surface area contributed by atoms with Crippen LogP contribution in [0.1, 0.15) is 17.7 Å². The van der Waals surface area contributed by atoms with Gasteiger partial charge in [0, 0.05) is 71.9 Å². The van der Waals surface area contributed by atoms with Gasteiger partial charge in [-0.3, -0.25) is 0 Å². The monoisotopic (exact) mass is 958 g/mol. The normalized spacial score (nSPS) is 12.4. The van der Waals surface area contributed by atoms with Crippen molar-refractivity contribution in [3.05, 3.63) is 260 Å². The predicted molar refractivity (Wildman–Crippen MR) is 310 cm³/mol. The average molecular weight is 959 g/mol. The Hall–Kier alpha value is -9.91. The molecule has 0 unspecified atom stereocenters. The second-order valence-electron chi connectivity index (χ2n) is 19.5. The minimum Gasteiger partial charge on any atom is -0.310 e. The van der Waals surface area contributed by atoms with E-state index in [0.717, 1.165) is 63.1 Å². The lowest BCUT2D eigenvalue weighted by molar-refractivity contribution is 0.967. The molecule has 0 amide bonds. The van der Waals surface area contributed by atoms with Gasteiger partial charge in [-0.05, 0) is 126 Å². The fourth-order valence-electron chi connectivity index (χ4n) is 11.7. The summed E-state index contributed by atoms with van der Waals surface area (Å²) >= 11 is 0. The van der Waals surface area contributed by atoms with Gasteiger partial charge in [-0.2, -0.15) is 0 Å². The Kier molecular flexibility index (Phi) is 9.91. The molecule has 4 heterocycles. The summed E-state index contributed by atoms with van der Waals surface area (Å²) in [4.78, 5) is 15.3. The molecule has 4 aromatic heterocycles. The number of fused-ring (bicyclic) bond motifs is 9. The van der Waals surface area contributed by atoms with Crippen LogP contribution in [-0.4, -0.2) is 28.7 Å². The van der Waals surface area contributed by atoms with Gasteiger partial charge in [0.05, 0.1) is 27.6 Å². The lowest BCUT2D eigenvalue weighted by Gasteiger charge is -2.15. The molecule has 0 N–H and O–H groups in total. The molecule has 0 aliphatic heterocycles. The molecule has 0 radical (unpaired) electrons. The molecule has 1 aliphatic carbocycles. The Balaban J connectivity index is 0.984. The first kappa shape index (κ1) is 42.7. The number of aromatic nitrogens is 6. The van der Waals surface area contributed by atoms with Crippen LogP contribution >= 0.6 is 0 Å². The maximum atomic E-state index is 5.16. The highest BCUT2D eigenvalue weighted by Crippen LogP contribution is 2.45. The predicted octanol–water partition coefficient (Wildman–Crippen LogP) is 17.3. The fraction of sp³-hybridized carbons (Fsp3) is 0.0290. The number of hydrogen-bond donors (Lipinski definition) is 0. The van der Waals surface area contributed by atoms with E-state index in [1.54, 1.807) is 0 Å². The molecule has 0 bridgehead atoms. The highest BCUT2D eigenvalue weighted by Gasteiger charge is 2.24. The topological polar surface area (TPSA) is 53.5 Å². The molecule has 0 saturated heterocycles. The first-order valence-corrected chi connectivity index (χ1v) is 25.7. The third kappa shape index (κ3) is 7.06. The summed E-state index contributed by atoms with van der Waals surface area (Å²) in [5.41, 5.74) is 19.2. The van der Waals surface area contributed by atoms with Crippen LogP contribution in [0.15, 0.2) is 249 Å². The van der Waals surface area contributed by atoms with Crippen molar-refractivity contribution in [2.75, 3.05) is 0 Å². The van der Waals surface area contributed by atoms with Crippen molar-refractivity contribution in [2.24, 2.45) is 0 Å². The Labute approximate surface area is 433 Å². The zero-order valence-electron chi connectivity index (χ0n) is 40.8. The van der Waals surface area contributed by atoms with Crippen LogP contribution in [0.25, 0.3) is 134 Å². The molecule has 0 spiro atoms. The van der Waals surface area contributed by atoms with E-state index >= 15 is 0 Å². The average Bonchev–Trinajstić information content (AvgIpc) is 4.19. The molecule has 15 rings (SSSR count). The summed E-state index contributed by atoms with van der Waals surface area (Å²) in [7, 11) is 0. The highest BCUT2D eigenvalue weighted by atomic mass is 15.0. The Bertz CT molecular complexity index is 4510. The van der Waals surface area contributed by atoms with Crippen molar-refractivity contribution in [1.29, 1.82) is 0 Å². The summed E-state index contributed by atoms with van der Waals surface area (Å²) in [6, 6.07) is 87.2. The van der Waals surface area contributed by atoms with Gasteiger partial charge in [0.1, 0.15) is 0 Å². The van der Waals surface area contributed by atoms with Crippen molar-refractivity contribution in [3.8, 4) is 73.5 Å². The van der Waals surface area contributed by atoms with Crippen molar-refractivity contribution in [3.63, 3.8) is 0 Å². The molecule has 75 heavy (non-hydrogen) atoms. The summed E-state index contributed by atoms with van der Waals surface area (Å²) < 4.78 is 7.28. The van der Waals surface area contributed by atoms with E-state index in [1.165, 1.54) is 71.6 Å². The van der Waals surface area contributed by atoms with E-state index in [9.17, 15) is 0 Å². The molecular weight excluding hydrogens is 913 g/mol. The second-order valence-corrected chi connectivity index (χ2v) is 19.5. The third-order valence-electron chi connectivity index (χ3n) is 15.1. The van der Waals surface area contributed by atoms with Gasteiger partial charge in [0.25, 0.3) is 0 Å². The molecule has 6 heteroatoms. The highest BCUT2D eigenvalue weighted by molar-refractivity contribution is 6.17. The number of hydrogen-bond acceptors (Lipinski definition) is 3. The van der Waals surface area contributed by atoms with E-state index in [2.05, 4.69) is 232 Å². The summed E-state index contributed by atoms with van der Waals surface area (Å²) in [6.07, 6.45) is 6.66. The molecule has 1 aliphatic rings. The lowest BCUT2D eigenvalue weighted by Crippen LogP contribution is -2.01. The van der Waals surface area contributed by atoms with E-state index in [0.29, 0.717) is 17.5 Å². The van der Waals surface area contributed by atoms with Crippen LogP contribution in [0.3, 0.4) is 0 Å². The maximum absolute atomic E-state index is 5.16. The number of benzene rings is 10. The second kappa shape index (κ2) is 17.4. The van der Waals surface area contributed by atoms with Gasteiger partial charge < -0.3 is 13.7 Å². The van der Waals surface area contributed by atoms with Crippen molar-refractivity contribution in [2.45, 2.75) is 12.8 Å². The summed E-state index contributed by atoms with van der Waals surface area (Å²) in [5, 5.41) is 6.08. The standard InChI is InChI=1S/C69H46N6/c1-5-20-45(21-6-1)67-70-68(46-22-7-2-8-23-46)72-69(71-67)49-24-19-29-53(40-49)75-63-35-18-15-32-56(63)60-44-50(47-36-38-64-58(41-47)54-30-13-16-33-61(54)73(64)51-25-9-3-10-26-51)43-57(66(60)75)48-37-39-65-59(42-48)55-31-14-17-34-62(55)74(65)52-27-11-4-12-28-52/h1-12,14-29,31-44H,13,30H2. The zero-order valence-corrected chi connectivity index (χ0v) is 40.8. The first-order chi connectivity index (χ1) is 37.2. The molecule has 6 nitrogen and oxygen atoms in total. The number of allylic oxidation sites excluding steroid dienone is 1. The van der Waals surface area contributed by atoms with Crippen molar-refractivity contribution < 1.29 is 0 Å². The molecular formula is C69H46N6. The number of rotatable bonds is 8. The van der Waals surface area contributed by atoms with E-state index in [1.807, 2.05) is 36.4 Å². The zero-order chi connectivity index (χ0) is 49.4. The lowest BCUT2D eigenvalue weighted by atomic mass is 9.93. The van der Waals surface area contributed by atoms with Gasteiger partial charge in [0.15, 0.2) is 17.5 Å². The van der Waals surface area contributed by atoms with Crippen LogP contribution in [0.4, 0.5) is 0 Å². The van der Waals surface area contributed by atoms with Gasteiger partial charge in [0.2, 0.25) is 0 Å². The largest absolute Gasteiger partial charge is 0.310 e. The minimum absolute atomic E-state index is 0.613. The number of nitrogens with zero attached hydrogens (tertiary/aromatic N) is 6. The first-order valence-electron chi connectivity index (χ1n) is 25.7. The van der Waals surface area contributed by atoms with Crippen LogP contribution in [-0.2, 0) is 6.42 Å². The van der Waals surface area contributed by atoms with E-state index in [4.69, 9.17) is 15.0 Å². The van der Waals surface area contributed by atoms with E-state index in [-0.39, 0.29) is 0 Å². The van der Waals surface area contributed by atoms with E-state index < -0.39 is 0 Å². The summed E-state index contributed by atoms with van der Waals surface area (Å²) in [5.74, 6) is 1.88. The molecule has 0 saturated carbocycles. The quantitative estimate of drug-likeness (QED) is 0.152. The number of aryl methyl sites for hydroxylation is 1. The van der Waals surface area contributed by atoms with Crippen LogP contribution in [0.5, 0.6) is 0 Å². The van der Waals surface area contributed by atoms with Crippen molar-refractivity contribution in [1.82, 2.24) is 28.7 Å². The molecule has 352 valence electrons. The Morgan fingerprint density at radius 1 is 0.307 bits per heavy atom. The molecule has 10 aromatic carbocycles. The smallest absolute Gasteiger partial charge is 0.164 e. The summed E-state index contributed by atoms with van der Waals surface area (Å²) in [6.45, 7) is 0. The molecule has 14 aromatic rings. The molecule has 0 fully saturated rings.